The molecule has 0 saturated carbocycles. The zero-order chi connectivity index (χ0) is 14.0. The Bertz CT molecular complexity index is 648. The number of anilines is 1. The van der Waals surface area contributed by atoms with Crippen LogP contribution in [0.15, 0.2) is 22.7 Å². The van der Waals surface area contributed by atoms with E-state index in [4.69, 9.17) is 11.6 Å². The predicted molar refractivity (Wildman–Crippen MR) is 76.4 cm³/mol. The summed E-state index contributed by atoms with van der Waals surface area (Å²) >= 11 is 9.14. The standard InChI is InChI=1S/C12H10BrClN4O/c1-6-7(2)17-18-12(15-6)16-11(19)8-3-4-10(14)9(13)5-8/h3-5H,1-2H3,(H,15,16,18,19). The summed E-state index contributed by atoms with van der Waals surface area (Å²) in [6, 6.07) is 4.89. The number of aryl methyl sites for hydroxylation is 2. The van der Waals surface area contributed by atoms with Gasteiger partial charge in [0.2, 0.25) is 5.95 Å². The van der Waals surface area contributed by atoms with Crippen molar-refractivity contribution in [3.8, 4) is 0 Å². The van der Waals surface area contributed by atoms with Gasteiger partial charge >= 0.3 is 0 Å². The Morgan fingerprint density at radius 1 is 1.26 bits per heavy atom. The van der Waals surface area contributed by atoms with Crippen LogP contribution in [0.5, 0.6) is 0 Å². The minimum absolute atomic E-state index is 0.180. The lowest BCUT2D eigenvalue weighted by atomic mass is 10.2. The summed E-state index contributed by atoms with van der Waals surface area (Å²) in [7, 11) is 0. The zero-order valence-electron chi connectivity index (χ0n) is 10.2. The fourth-order valence-electron chi connectivity index (χ4n) is 1.32. The van der Waals surface area contributed by atoms with Gasteiger partial charge in [-0.1, -0.05) is 11.6 Å². The van der Waals surface area contributed by atoms with E-state index < -0.39 is 0 Å². The third-order valence-electron chi connectivity index (χ3n) is 2.50. The van der Waals surface area contributed by atoms with Crippen molar-refractivity contribution in [2.24, 2.45) is 0 Å². The minimum Gasteiger partial charge on any atom is -0.289 e. The van der Waals surface area contributed by atoms with Gasteiger partial charge in [0.05, 0.1) is 16.4 Å². The average Bonchev–Trinajstić information content (AvgIpc) is 2.37. The number of hydrogen-bond donors (Lipinski definition) is 1. The van der Waals surface area contributed by atoms with Crippen LogP contribution in [0.3, 0.4) is 0 Å². The molecule has 0 spiro atoms. The molecule has 0 aliphatic carbocycles. The van der Waals surface area contributed by atoms with Crippen LogP contribution in [0.4, 0.5) is 5.95 Å². The first-order valence-corrected chi connectivity index (χ1v) is 6.59. The molecule has 5 nitrogen and oxygen atoms in total. The largest absolute Gasteiger partial charge is 0.289 e. The summed E-state index contributed by atoms with van der Waals surface area (Å²) in [5.41, 5.74) is 1.91. The van der Waals surface area contributed by atoms with Crippen LogP contribution in [0.2, 0.25) is 5.02 Å². The zero-order valence-corrected chi connectivity index (χ0v) is 12.6. The average molecular weight is 342 g/mol. The SMILES string of the molecule is Cc1nnc(NC(=O)c2ccc(Cl)c(Br)c2)nc1C. The smallest absolute Gasteiger partial charge is 0.258 e. The van der Waals surface area contributed by atoms with Crippen molar-refractivity contribution in [3.05, 3.63) is 44.6 Å². The van der Waals surface area contributed by atoms with Gasteiger partial charge < -0.3 is 0 Å². The number of nitrogens with one attached hydrogen (secondary N) is 1. The molecule has 1 heterocycles. The van der Waals surface area contributed by atoms with Crippen molar-refractivity contribution in [2.75, 3.05) is 5.32 Å². The van der Waals surface area contributed by atoms with Crippen molar-refractivity contribution in [1.29, 1.82) is 0 Å². The maximum atomic E-state index is 12.0. The molecular weight excluding hydrogens is 332 g/mol. The highest BCUT2D eigenvalue weighted by atomic mass is 79.9. The van der Waals surface area contributed by atoms with E-state index in [1.807, 2.05) is 0 Å². The van der Waals surface area contributed by atoms with E-state index in [2.05, 4.69) is 36.4 Å². The molecule has 0 atom stereocenters. The molecule has 0 fully saturated rings. The molecule has 0 unspecified atom stereocenters. The quantitative estimate of drug-likeness (QED) is 0.911. The molecule has 7 heteroatoms. The predicted octanol–water partition coefficient (Wildman–Crippen LogP) is 3.16. The molecule has 0 aliphatic rings. The number of carbonyl (C=O) groups is 1. The van der Waals surface area contributed by atoms with Crippen molar-refractivity contribution >= 4 is 39.4 Å². The topological polar surface area (TPSA) is 67.8 Å². The molecule has 1 amide bonds. The second-order valence-electron chi connectivity index (χ2n) is 3.89. The first-order chi connectivity index (χ1) is 8.97. The highest BCUT2D eigenvalue weighted by molar-refractivity contribution is 9.10. The van der Waals surface area contributed by atoms with E-state index >= 15 is 0 Å². The molecule has 0 saturated heterocycles. The second kappa shape index (κ2) is 5.63. The summed E-state index contributed by atoms with van der Waals surface area (Å²) < 4.78 is 0.654. The first kappa shape index (κ1) is 13.9. The van der Waals surface area contributed by atoms with Gasteiger partial charge in [0.25, 0.3) is 5.91 Å². The van der Waals surface area contributed by atoms with Crippen molar-refractivity contribution in [1.82, 2.24) is 15.2 Å². The lowest BCUT2D eigenvalue weighted by Gasteiger charge is -2.05. The Hall–Kier alpha value is -1.53. The molecule has 1 aromatic carbocycles. The van der Waals surface area contributed by atoms with Crippen LogP contribution in [-0.4, -0.2) is 21.1 Å². The Labute approximate surface area is 123 Å². The monoisotopic (exact) mass is 340 g/mol. The van der Waals surface area contributed by atoms with Crippen LogP contribution in [0.1, 0.15) is 21.7 Å². The molecule has 19 heavy (non-hydrogen) atoms. The maximum absolute atomic E-state index is 12.0. The second-order valence-corrected chi connectivity index (χ2v) is 5.15. The van der Waals surface area contributed by atoms with Gasteiger partial charge in [-0.2, -0.15) is 5.10 Å². The molecule has 98 valence electrons. The van der Waals surface area contributed by atoms with Gasteiger partial charge in [-0.05, 0) is 48.0 Å². The normalized spacial score (nSPS) is 10.3. The number of halogens is 2. The lowest BCUT2D eigenvalue weighted by Crippen LogP contribution is -2.15. The molecule has 2 rings (SSSR count). The van der Waals surface area contributed by atoms with Crippen LogP contribution >= 0.6 is 27.5 Å². The van der Waals surface area contributed by atoms with Crippen LogP contribution < -0.4 is 5.32 Å². The van der Waals surface area contributed by atoms with Crippen molar-refractivity contribution in [2.45, 2.75) is 13.8 Å². The molecule has 0 aliphatic heterocycles. The van der Waals surface area contributed by atoms with E-state index in [-0.39, 0.29) is 11.9 Å². The van der Waals surface area contributed by atoms with Crippen LogP contribution in [0, 0.1) is 13.8 Å². The number of carbonyl (C=O) groups excluding carboxylic acids is 1. The van der Waals surface area contributed by atoms with E-state index in [1.54, 1.807) is 32.0 Å². The van der Waals surface area contributed by atoms with E-state index in [0.717, 1.165) is 11.4 Å². The third kappa shape index (κ3) is 3.27. The number of rotatable bonds is 2. The summed E-state index contributed by atoms with van der Waals surface area (Å²) in [5.74, 6) is -0.137. The van der Waals surface area contributed by atoms with E-state index in [0.29, 0.717) is 15.1 Å². The fourth-order valence-corrected chi connectivity index (χ4v) is 1.82. The number of hydrogen-bond acceptors (Lipinski definition) is 4. The van der Waals surface area contributed by atoms with Crippen molar-refractivity contribution < 1.29 is 4.79 Å². The molecule has 1 N–H and O–H groups in total. The maximum Gasteiger partial charge on any atom is 0.258 e. The van der Waals surface area contributed by atoms with Gasteiger partial charge in [-0.3, -0.25) is 10.1 Å². The minimum atomic E-state index is -0.317. The third-order valence-corrected chi connectivity index (χ3v) is 3.71. The Balaban J connectivity index is 2.20. The summed E-state index contributed by atoms with van der Waals surface area (Å²) in [5, 5.41) is 10.8. The summed E-state index contributed by atoms with van der Waals surface area (Å²) in [6.45, 7) is 3.61. The van der Waals surface area contributed by atoms with E-state index in [9.17, 15) is 4.79 Å². The summed E-state index contributed by atoms with van der Waals surface area (Å²) in [4.78, 5) is 16.1. The van der Waals surface area contributed by atoms with Crippen molar-refractivity contribution in [3.63, 3.8) is 0 Å². The fraction of sp³-hybridized carbons (Fsp3) is 0.167. The Kier molecular flexibility index (Phi) is 4.11. The van der Waals surface area contributed by atoms with Gasteiger partial charge in [0.1, 0.15) is 0 Å². The van der Waals surface area contributed by atoms with Crippen LogP contribution in [0.25, 0.3) is 0 Å². The van der Waals surface area contributed by atoms with Gasteiger partial charge in [0, 0.05) is 10.0 Å². The number of nitrogens with zero attached hydrogens (tertiary/aromatic N) is 3. The van der Waals surface area contributed by atoms with Crippen LogP contribution in [-0.2, 0) is 0 Å². The highest BCUT2D eigenvalue weighted by Crippen LogP contribution is 2.23. The Morgan fingerprint density at radius 3 is 2.63 bits per heavy atom. The molecule has 0 radical (unpaired) electrons. The molecule has 2 aromatic rings. The van der Waals surface area contributed by atoms with Gasteiger partial charge in [-0.25, -0.2) is 4.98 Å². The Morgan fingerprint density at radius 2 is 2.00 bits per heavy atom. The van der Waals surface area contributed by atoms with Gasteiger partial charge in [-0.15, -0.1) is 5.10 Å². The highest BCUT2D eigenvalue weighted by Gasteiger charge is 2.10. The van der Waals surface area contributed by atoms with E-state index in [1.165, 1.54) is 0 Å². The number of amides is 1. The lowest BCUT2D eigenvalue weighted by molar-refractivity contribution is 0.102. The number of benzene rings is 1. The first-order valence-electron chi connectivity index (χ1n) is 5.41. The van der Waals surface area contributed by atoms with Gasteiger partial charge in [0.15, 0.2) is 0 Å². The molecular formula is C12H10BrClN4O. The number of aromatic nitrogens is 3. The summed E-state index contributed by atoms with van der Waals surface area (Å²) in [6.07, 6.45) is 0. The molecule has 1 aromatic heterocycles. The molecule has 0 bridgehead atoms.